The summed E-state index contributed by atoms with van der Waals surface area (Å²) in [6.07, 6.45) is 0.920. The van der Waals surface area contributed by atoms with E-state index < -0.39 is 17.5 Å². The van der Waals surface area contributed by atoms with E-state index in [1.807, 2.05) is 24.3 Å². The second-order valence-corrected chi connectivity index (χ2v) is 9.60. The molecule has 0 spiro atoms. The van der Waals surface area contributed by atoms with Gasteiger partial charge in [0.2, 0.25) is 5.88 Å². The monoisotopic (exact) mass is 522 g/mol. The van der Waals surface area contributed by atoms with Gasteiger partial charge in [-0.05, 0) is 48.2 Å². The van der Waals surface area contributed by atoms with Crippen molar-refractivity contribution in [3.8, 4) is 23.3 Å². The van der Waals surface area contributed by atoms with Gasteiger partial charge in [-0.25, -0.2) is 9.59 Å². The maximum absolute atomic E-state index is 12.8. The fraction of sp³-hybridized carbons (Fsp3) is 0.194. The van der Waals surface area contributed by atoms with E-state index in [1.165, 1.54) is 12.1 Å². The molecule has 1 aliphatic heterocycles. The van der Waals surface area contributed by atoms with Crippen LogP contribution in [0.3, 0.4) is 0 Å². The topological polar surface area (TPSA) is 125 Å². The van der Waals surface area contributed by atoms with E-state index in [4.69, 9.17) is 24.4 Å². The summed E-state index contributed by atoms with van der Waals surface area (Å²) >= 11 is 0. The number of nitrogens with zero attached hydrogens (tertiary/aromatic N) is 1. The van der Waals surface area contributed by atoms with Gasteiger partial charge in [-0.2, -0.15) is 5.26 Å². The van der Waals surface area contributed by atoms with E-state index in [0.717, 1.165) is 12.0 Å². The molecule has 0 aliphatic carbocycles. The molecule has 1 atom stereocenters. The van der Waals surface area contributed by atoms with Crippen LogP contribution in [0.15, 0.2) is 93.5 Å². The predicted molar refractivity (Wildman–Crippen MR) is 145 cm³/mol. The minimum Gasteiger partial charge on any atom is -0.494 e. The van der Waals surface area contributed by atoms with Crippen molar-refractivity contribution in [1.29, 1.82) is 5.26 Å². The molecule has 3 aromatic carbocycles. The molecule has 0 amide bonds. The highest BCUT2D eigenvalue weighted by atomic mass is 16.5. The zero-order valence-electron chi connectivity index (χ0n) is 21.5. The van der Waals surface area contributed by atoms with E-state index in [-0.39, 0.29) is 22.8 Å². The van der Waals surface area contributed by atoms with Crippen molar-refractivity contribution >= 4 is 16.9 Å². The molecular formula is C31H26N2O6. The van der Waals surface area contributed by atoms with Gasteiger partial charge in [0.15, 0.2) is 0 Å². The zero-order chi connectivity index (χ0) is 27.5. The van der Waals surface area contributed by atoms with Gasteiger partial charge in [-0.1, -0.05) is 50.2 Å². The highest BCUT2D eigenvalue weighted by molar-refractivity contribution is 5.94. The summed E-state index contributed by atoms with van der Waals surface area (Å²) in [6.45, 7) is 4.85. The minimum atomic E-state index is -0.866. The van der Waals surface area contributed by atoms with Crippen LogP contribution in [-0.2, 0) is 0 Å². The fourth-order valence-electron chi connectivity index (χ4n) is 4.40. The van der Waals surface area contributed by atoms with Crippen molar-refractivity contribution in [2.75, 3.05) is 6.61 Å². The van der Waals surface area contributed by atoms with Crippen LogP contribution in [0.5, 0.6) is 17.2 Å². The molecule has 1 unspecified atom stereocenters. The second kappa shape index (κ2) is 10.8. The molecule has 2 heterocycles. The summed E-state index contributed by atoms with van der Waals surface area (Å²) in [6, 6.07) is 22.8. The smallest absolute Gasteiger partial charge is 0.351 e. The Morgan fingerprint density at radius 3 is 2.67 bits per heavy atom. The van der Waals surface area contributed by atoms with E-state index in [0.29, 0.717) is 40.6 Å². The Morgan fingerprint density at radius 2 is 1.87 bits per heavy atom. The summed E-state index contributed by atoms with van der Waals surface area (Å²) in [7, 11) is 0. The van der Waals surface area contributed by atoms with Crippen molar-refractivity contribution in [2.45, 2.75) is 26.2 Å². The van der Waals surface area contributed by atoms with Gasteiger partial charge < -0.3 is 24.4 Å². The Balaban J connectivity index is 1.44. The van der Waals surface area contributed by atoms with E-state index in [9.17, 15) is 14.9 Å². The van der Waals surface area contributed by atoms with Crippen LogP contribution in [0.1, 0.15) is 47.7 Å². The number of para-hydroxylation sites is 1. The maximum Gasteiger partial charge on any atom is 0.351 e. The van der Waals surface area contributed by atoms with Gasteiger partial charge in [0.25, 0.3) is 0 Å². The molecule has 5 rings (SSSR count). The van der Waals surface area contributed by atoms with Crippen molar-refractivity contribution in [2.24, 2.45) is 11.7 Å². The number of nitrogens with two attached hydrogens (primary N) is 1. The average molecular weight is 523 g/mol. The van der Waals surface area contributed by atoms with Crippen molar-refractivity contribution in [3.63, 3.8) is 0 Å². The number of hydrogen-bond acceptors (Lipinski definition) is 8. The number of allylic oxidation sites excluding steroid dienone is 1. The molecule has 4 aromatic rings. The highest BCUT2D eigenvalue weighted by Gasteiger charge is 2.31. The predicted octanol–water partition coefficient (Wildman–Crippen LogP) is 5.66. The molecule has 2 N–H and O–H groups in total. The third-order valence-corrected chi connectivity index (χ3v) is 6.42. The Kier molecular flexibility index (Phi) is 7.06. The number of carbonyl (C=O) groups excluding carboxylic acids is 1. The number of carbonyl (C=O) groups is 1. The van der Waals surface area contributed by atoms with Gasteiger partial charge in [0, 0.05) is 17.0 Å². The van der Waals surface area contributed by atoms with E-state index >= 15 is 0 Å². The Bertz CT molecular complexity index is 1700. The quantitative estimate of drug-likeness (QED) is 0.187. The zero-order valence-corrected chi connectivity index (χ0v) is 21.5. The van der Waals surface area contributed by atoms with Gasteiger partial charge >= 0.3 is 11.6 Å². The van der Waals surface area contributed by atoms with Gasteiger partial charge in [-0.3, -0.25) is 0 Å². The minimum absolute atomic E-state index is 0.0419. The molecule has 0 bridgehead atoms. The van der Waals surface area contributed by atoms with Gasteiger partial charge in [0.05, 0.1) is 12.5 Å². The normalized spacial score (nSPS) is 14.5. The van der Waals surface area contributed by atoms with E-state index in [2.05, 4.69) is 19.9 Å². The first-order valence-electron chi connectivity index (χ1n) is 12.5. The number of ether oxygens (including phenoxy) is 3. The molecule has 8 heteroatoms. The van der Waals surface area contributed by atoms with Gasteiger partial charge in [-0.15, -0.1) is 0 Å². The summed E-state index contributed by atoms with van der Waals surface area (Å²) < 4.78 is 22.4. The Hall–Kier alpha value is -5.03. The fourth-order valence-corrected chi connectivity index (χ4v) is 4.40. The first-order chi connectivity index (χ1) is 18.8. The molecule has 39 heavy (non-hydrogen) atoms. The van der Waals surface area contributed by atoms with Crippen LogP contribution < -0.4 is 25.6 Å². The van der Waals surface area contributed by atoms with Crippen molar-refractivity contribution in [1.82, 2.24) is 0 Å². The molecule has 0 saturated carbocycles. The van der Waals surface area contributed by atoms with Gasteiger partial charge in [0.1, 0.15) is 40.0 Å². The standard InChI is InChI=1S/C31H26N2O6/c1-18(2)12-13-36-21-8-5-7-20(14-21)28-23-11-10-22(16-27(23)38-29(33)25(28)17-32)37-30(34)24-15-19-6-3-4-9-26(19)39-31(24)35/h3-11,14-16,18,28H,12-13,33H2,1-2H3. The molecule has 196 valence electrons. The van der Waals surface area contributed by atoms with Crippen molar-refractivity contribution < 1.29 is 23.4 Å². The van der Waals surface area contributed by atoms with Crippen LogP contribution in [0.4, 0.5) is 0 Å². The lowest BCUT2D eigenvalue weighted by Crippen LogP contribution is -2.22. The second-order valence-electron chi connectivity index (χ2n) is 9.60. The summed E-state index contributed by atoms with van der Waals surface area (Å²) in [5.41, 5.74) is 7.23. The lowest BCUT2D eigenvalue weighted by molar-refractivity contribution is 0.0730. The highest BCUT2D eigenvalue weighted by Crippen LogP contribution is 2.44. The lowest BCUT2D eigenvalue weighted by atomic mass is 9.83. The van der Waals surface area contributed by atoms with Crippen molar-refractivity contribution in [3.05, 3.63) is 111 Å². The molecule has 0 radical (unpaired) electrons. The first kappa shape index (κ1) is 25.6. The molecule has 0 fully saturated rings. The summed E-state index contributed by atoms with van der Waals surface area (Å²) in [4.78, 5) is 25.2. The number of hydrogen-bond donors (Lipinski definition) is 1. The average Bonchev–Trinajstić information content (AvgIpc) is 2.91. The molecular weight excluding hydrogens is 496 g/mol. The Morgan fingerprint density at radius 1 is 1.05 bits per heavy atom. The van der Waals surface area contributed by atoms with Crippen LogP contribution >= 0.6 is 0 Å². The lowest BCUT2D eigenvalue weighted by Gasteiger charge is -2.27. The maximum atomic E-state index is 12.8. The molecule has 8 nitrogen and oxygen atoms in total. The number of nitriles is 1. The number of rotatable bonds is 7. The van der Waals surface area contributed by atoms with E-state index in [1.54, 1.807) is 36.4 Å². The van der Waals surface area contributed by atoms with Crippen LogP contribution in [-0.4, -0.2) is 12.6 Å². The molecule has 1 aromatic heterocycles. The number of fused-ring (bicyclic) bond motifs is 2. The first-order valence-corrected chi connectivity index (χ1v) is 12.5. The number of esters is 1. The largest absolute Gasteiger partial charge is 0.494 e. The summed E-state index contributed by atoms with van der Waals surface area (Å²) in [5.74, 6) is 0.265. The third-order valence-electron chi connectivity index (χ3n) is 6.42. The third kappa shape index (κ3) is 5.34. The molecule has 1 aliphatic rings. The van der Waals surface area contributed by atoms with Crippen LogP contribution in [0.2, 0.25) is 0 Å². The van der Waals surface area contributed by atoms with Crippen LogP contribution in [0, 0.1) is 17.2 Å². The summed E-state index contributed by atoms with van der Waals surface area (Å²) in [5, 5.41) is 10.5. The Labute approximate surface area is 224 Å². The SMILES string of the molecule is CC(C)CCOc1cccc(C2C(C#N)=C(N)Oc3cc(OC(=O)c4cc5ccccc5oc4=O)ccc32)c1. The molecule has 0 saturated heterocycles. The van der Waals surface area contributed by atoms with Crippen LogP contribution in [0.25, 0.3) is 11.0 Å². The number of benzene rings is 3.